The quantitative estimate of drug-likeness (QED) is 0.488. The largest absolute Gasteiger partial charge is 0.494 e. The van der Waals surface area contributed by atoms with Crippen LogP contribution in [-0.4, -0.2) is 21.4 Å². The molecule has 0 aliphatic carbocycles. The van der Waals surface area contributed by atoms with Gasteiger partial charge in [0.05, 0.1) is 12.3 Å². The first-order valence-electron chi connectivity index (χ1n) is 10.8. The van der Waals surface area contributed by atoms with E-state index in [0.717, 1.165) is 45.4 Å². The first-order valence-corrected chi connectivity index (χ1v) is 10.8. The van der Waals surface area contributed by atoms with Gasteiger partial charge in [0, 0.05) is 11.1 Å². The molecule has 1 aromatic heterocycles. The summed E-state index contributed by atoms with van der Waals surface area (Å²) >= 11 is 0. The number of nitrogens with one attached hydrogen (secondary N) is 1. The van der Waals surface area contributed by atoms with Crippen LogP contribution >= 0.6 is 0 Å². The highest BCUT2D eigenvalue weighted by Crippen LogP contribution is 2.50. The minimum atomic E-state index is -0.286. The molecule has 2 atom stereocenters. The predicted molar refractivity (Wildman–Crippen MR) is 123 cm³/mol. The number of ether oxygens (including phenoxy) is 2. The lowest BCUT2D eigenvalue weighted by molar-refractivity contribution is 0.223. The highest BCUT2D eigenvalue weighted by atomic mass is 16.5. The third kappa shape index (κ3) is 2.95. The average Bonchev–Trinajstić information content (AvgIpc) is 3.32. The van der Waals surface area contributed by atoms with Crippen molar-refractivity contribution in [1.29, 1.82) is 0 Å². The summed E-state index contributed by atoms with van der Waals surface area (Å²) in [5, 5.41) is 8.09. The molecule has 0 saturated carbocycles. The number of anilines is 1. The summed E-state index contributed by atoms with van der Waals surface area (Å²) in [4.78, 5) is 4.48. The maximum atomic E-state index is 6.63. The lowest BCUT2D eigenvalue weighted by Gasteiger charge is -2.39. The number of hydrogen-bond acceptors (Lipinski definition) is 5. The minimum Gasteiger partial charge on any atom is -0.494 e. The fraction of sp³-hybridized carbons (Fsp3) is 0.154. The predicted octanol–water partition coefficient (Wildman–Crippen LogP) is 5.24. The Morgan fingerprint density at radius 1 is 0.938 bits per heavy atom. The highest BCUT2D eigenvalue weighted by Gasteiger charge is 2.40. The fourth-order valence-corrected chi connectivity index (χ4v) is 4.55. The monoisotopic (exact) mass is 422 g/mol. The van der Waals surface area contributed by atoms with Crippen molar-refractivity contribution in [2.24, 2.45) is 0 Å². The van der Waals surface area contributed by atoms with Gasteiger partial charge in [-0.25, -0.2) is 4.68 Å². The van der Waals surface area contributed by atoms with Crippen molar-refractivity contribution in [1.82, 2.24) is 14.8 Å². The Kier molecular flexibility index (Phi) is 4.42. The number of benzene rings is 3. The van der Waals surface area contributed by atoms with Gasteiger partial charge in [0.1, 0.15) is 30.0 Å². The summed E-state index contributed by atoms with van der Waals surface area (Å²) in [5.74, 6) is 2.42. The Bertz CT molecular complexity index is 1290. The Labute approximate surface area is 186 Å². The molecule has 2 aliphatic heterocycles. The van der Waals surface area contributed by atoms with Crippen LogP contribution in [0.2, 0.25) is 0 Å². The molecule has 0 bridgehead atoms. The molecule has 0 saturated heterocycles. The maximum absolute atomic E-state index is 6.63. The van der Waals surface area contributed by atoms with Gasteiger partial charge >= 0.3 is 0 Å². The van der Waals surface area contributed by atoms with Crippen LogP contribution in [0.15, 0.2) is 90.8 Å². The van der Waals surface area contributed by atoms with Crippen molar-refractivity contribution in [2.75, 3.05) is 11.9 Å². The summed E-state index contributed by atoms with van der Waals surface area (Å²) in [7, 11) is 0. The van der Waals surface area contributed by atoms with Crippen molar-refractivity contribution in [3.05, 3.63) is 107 Å². The zero-order valence-corrected chi connectivity index (χ0v) is 17.6. The molecule has 0 amide bonds. The number of para-hydroxylation sites is 1. The van der Waals surface area contributed by atoms with E-state index in [0.29, 0.717) is 6.61 Å². The summed E-state index contributed by atoms with van der Waals surface area (Å²) in [6.45, 7) is 2.62. The standard InChI is InChI=1S/C26H22N4O2/c1-2-31-19-14-12-18(13-15-19)25-22-23(20-10-6-7-11-21(20)32-25)29-26-27-16-28-30(26)24(22)17-8-4-3-5-9-17/h3-16,24-25H,2H2,1H3,(H,27,28,29)/t24-,25+/m1/s1. The van der Waals surface area contributed by atoms with Gasteiger partial charge in [-0.2, -0.15) is 10.1 Å². The number of fused-ring (bicyclic) bond motifs is 3. The van der Waals surface area contributed by atoms with Gasteiger partial charge in [-0.15, -0.1) is 0 Å². The third-order valence-corrected chi connectivity index (χ3v) is 5.93. The van der Waals surface area contributed by atoms with E-state index in [2.05, 4.69) is 57.9 Å². The summed E-state index contributed by atoms with van der Waals surface area (Å²) < 4.78 is 14.2. The minimum absolute atomic E-state index is 0.144. The van der Waals surface area contributed by atoms with Crippen LogP contribution < -0.4 is 14.8 Å². The van der Waals surface area contributed by atoms with Crippen LogP contribution in [0, 0.1) is 0 Å². The van der Waals surface area contributed by atoms with E-state index < -0.39 is 0 Å². The average molecular weight is 422 g/mol. The Hall–Kier alpha value is -4.06. The first kappa shape index (κ1) is 18.7. The molecule has 6 heteroatoms. The van der Waals surface area contributed by atoms with Gasteiger partial charge < -0.3 is 14.8 Å². The Morgan fingerprint density at radius 2 is 1.72 bits per heavy atom. The van der Waals surface area contributed by atoms with E-state index in [9.17, 15) is 0 Å². The van der Waals surface area contributed by atoms with Gasteiger partial charge in [0.2, 0.25) is 5.95 Å². The van der Waals surface area contributed by atoms with Crippen LogP contribution in [0.5, 0.6) is 11.5 Å². The second-order valence-electron chi connectivity index (χ2n) is 7.79. The van der Waals surface area contributed by atoms with Crippen molar-refractivity contribution < 1.29 is 9.47 Å². The molecule has 3 heterocycles. The van der Waals surface area contributed by atoms with E-state index in [1.807, 2.05) is 48.0 Å². The summed E-state index contributed by atoms with van der Waals surface area (Å²) in [6.07, 6.45) is 1.31. The second-order valence-corrected chi connectivity index (χ2v) is 7.79. The van der Waals surface area contributed by atoms with Gasteiger partial charge in [0.25, 0.3) is 0 Å². The molecule has 0 fully saturated rings. The zero-order chi connectivity index (χ0) is 21.5. The van der Waals surface area contributed by atoms with Gasteiger partial charge in [-0.3, -0.25) is 0 Å². The molecule has 6 rings (SSSR count). The van der Waals surface area contributed by atoms with E-state index in [1.54, 1.807) is 6.33 Å². The molecule has 3 aromatic carbocycles. The molecule has 2 aliphatic rings. The van der Waals surface area contributed by atoms with Crippen molar-refractivity contribution in [3.63, 3.8) is 0 Å². The third-order valence-electron chi connectivity index (χ3n) is 5.93. The maximum Gasteiger partial charge on any atom is 0.226 e. The summed E-state index contributed by atoms with van der Waals surface area (Å²) in [6, 6.07) is 26.5. The van der Waals surface area contributed by atoms with E-state index in [-0.39, 0.29) is 12.1 Å². The molecule has 0 spiro atoms. The van der Waals surface area contributed by atoms with Crippen molar-refractivity contribution >= 4 is 11.6 Å². The van der Waals surface area contributed by atoms with Crippen LogP contribution in [-0.2, 0) is 0 Å². The second kappa shape index (κ2) is 7.57. The van der Waals surface area contributed by atoms with E-state index in [4.69, 9.17) is 9.47 Å². The fourth-order valence-electron chi connectivity index (χ4n) is 4.55. The van der Waals surface area contributed by atoms with E-state index in [1.165, 1.54) is 0 Å². The molecule has 32 heavy (non-hydrogen) atoms. The van der Waals surface area contributed by atoms with Gasteiger partial charge in [-0.1, -0.05) is 54.6 Å². The van der Waals surface area contributed by atoms with Crippen molar-refractivity contribution in [3.8, 4) is 11.5 Å². The molecular formula is C26H22N4O2. The molecule has 1 N–H and O–H groups in total. The molecule has 6 nitrogen and oxygen atoms in total. The number of nitrogens with zero attached hydrogens (tertiary/aromatic N) is 3. The lowest BCUT2D eigenvalue weighted by Crippen LogP contribution is -2.32. The van der Waals surface area contributed by atoms with Crippen LogP contribution in [0.1, 0.15) is 35.8 Å². The van der Waals surface area contributed by atoms with Crippen molar-refractivity contribution in [2.45, 2.75) is 19.1 Å². The number of aromatic nitrogens is 3. The highest BCUT2D eigenvalue weighted by molar-refractivity contribution is 5.85. The molecule has 0 unspecified atom stereocenters. The normalized spacial score (nSPS) is 18.7. The van der Waals surface area contributed by atoms with Gasteiger partial charge in [0.15, 0.2) is 0 Å². The van der Waals surface area contributed by atoms with Crippen LogP contribution in [0.4, 0.5) is 5.95 Å². The Balaban J connectivity index is 1.57. The molecule has 4 aromatic rings. The first-order chi connectivity index (χ1) is 15.8. The van der Waals surface area contributed by atoms with Crippen LogP contribution in [0.25, 0.3) is 5.70 Å². The lowest BCUT2D eigenvalue weighted by atomic mass is 9.84. The topological polar surface area (TPSA) is 61.2 Å². The number of rotatable bonds is 4. The Morgan fingerprint density at radius 3 is 2.53 bits per heavy atom. The smallest absolute Gasteiger partial charge is 0.226 e. The SMILES string of the molecule is CCOc1ccc([C@@H]2Oc3ccccc3C3=C2[C@@H](c2ccccc2)n2ncnc2N3)cc1. The molecule has 0 radical (unpaired) electrons. The summed E-state index contributed by atoms with van der Waals surface area (Å²) in [5.41, 5.74) is 5.35. The number of hydrogen-bond donors (Lipinski definition) is 1. The zero-order valence-electron chi connectivity index (χ0n) is 17.6. The molecule has 158 valence electrons. The van der Waals surface area contributed by atoms with E-state index >= 15 is 0 Å². The van der Waals surface area contributed by atoms with Crippen LogP contribution in [0.3, 0.4) is 0 Å². The van der Waals surface area contributed by atoms with Gasteiger partial charge in [-0.05, 0) is 42.3 Å². The molecular weight excluding hydrogens is 400 g/mol.